The van der Waals surface area contributed by atoms with Crippen LogP contribution in [0.2, 0.25) is 0 Å². The molecule has 0 saturated heterocycles. The predicted octanol–water partition coefficient (Wildman–Crippen LogP) is 2.72. The highest BCUT2D eigenvalue weighted by Crippen LogP contribution is 2.57. The van der Waals surface area contributed by atoms with Gasteiger partial charge < -0.3 is 5.11 Å². The molecule has 2 aliphatic carbocycles. The standard InChI is InChI=1S/C13H21NO/c1-9(2)5-12(15)13(8-14)7-10-3-4-11(13)6-10/h9-12,15H,3-7H2,1-2H3. The van der Waals surface area contributed by atoms with Gasteiger partial charge >= 0.3 is 0 Å². The minimum atomic E-state index is -0.405. The van der Waals surface area contributed by atoms with Crippen LogP contribution in [0.1, 0.15) is 46.0 Å². The number of nitriles is 1. The Labute approximate surface area is 92.3 Å². The van der Waals surface area contributed by atoms with Crippen molar-refractivity contribution >= 4 is 0 Å². The molecule has 4 unspecified atom stereocenters. The number of aliphatic hydroxyl groups excluding tert-OH is 1. The van der Waals surface area contributed by atoms with Crippen LogP contribution in [-0.2, 0) is 0 Å². The first-order valence-electron chi connectivity index (χ1n) is 6.18. The Hall–Kier alpha value is -0.550. The van der Waals surface area contributed by atoms with Crippen LogP contribution in [0.4, 0.5) is 0 Å². The fourth-order valence-electron chi connectivity index (χ4n) is 3.65. The maximum absolute atomic E-state index is 10.3. The van der Waals surface area contributed by atoms with Crippen molar-refractivity contribution in [2.75, 3.05) is 0 Å². The smallest absolute Gasteiger partial charge is 0.0863 e. The van der Waals surface area contributed by atoms with Gasteiger partial charge in [-0.25, -0.2) is 0 Å². The second-order valence-electron chi connectivity index (χ2n) is 5.88. The van der Waals surface area contributed by atoms with Crippen molar-refractivity contribution in [1.29, 1.82) is 5.26 Å². The van der Waals surface area contributed by atoms with Crippen LogP contribution in [0.25, 0.3) is 0 Å². The summed E-state index contributed by atoms with van der Waals surface area (Å²) in [6, 6.07) is 2.46. The van der Waals surface area contributed by atoms with Gasteiger partial charge in [-0.2, -0.15) is 5.26 Å². The molecule has 2 aliphatic rings. The maximum atomic E-state index is 10.3. The molecule has 2 heteroatoms. The van der Waals surface area contributed by atoms with Gasteiger partial charge in [-0.3, -0.25) is 0 Å². The summed E-state index contributed by atoms with van der Waals surface area (Å²) >= 11 is 0. The molecule has 15 heavy (non-hydrogen) atoms. The van der Waals surface area contributed by atoms with Crippen LogP contribution >= 0.6 is 0 Å². The van der Waals surface area contributed by atoms with Gasteiger partial charge in [0.2, 0.25) is 0 Å². The summed E-state index contributed by atoms with van der Waals surface area (Å²) < 4.78 is 0. The molecule has 2 bridgehead atoms. The van der Waals surface area contributed by atoms with Gasteiger partial charge in [0.1, 0.15) is 0 Å². The molecule has 0 heterocycles. The van der Waals surface area contributed by atoms with Crippen molar-refractivity contribution in [2.45, 2.75) is 52.1 Å². The summed E-state index contributed by atoms with van der Waals surface area (Å²) in [6.07, 6.45) is 4.94. The summed E-state index contributed by atoms with van der Waals surface area (Å²) in [5.41, 5.74) is -0.396. The van der Waals surface area contributed by atoms with Gasteiger partial charge in [0, 0.05) is 0 Å². The van der Waals surface area contributed by atoms with E-state index >= 15 is 0 Å². The molecule has 2 fully saturated rings. The Morgan fingerprint density at radius 3 is 2.60 bits per heavy atom. The zero-order chi connectivity index (χ0) is 11.1. The molecule has 0 aromatic heterocycles. The van der Waals surface area contributed by atoms with E-state index < -0.39 is 11.5 Å². The van der Waals surface area contributed by atoms with E-state index in [9.17, 15) is 10.4 Å². The lowest BCUT2D eigenvalue weighted by Gasteiger charge is -2.36. The summed E-state index contributed by atoms with van der Waals surface area (Å²) in [5.74, 6) is 1.67. The average Bonchev–Trinajstić information content (AvgIpc) is 2.75. The van der Waals surface area contributed by atoms with Crippen LogP contribution in [-0.4, -0.2) is 11.2 Å². The Morgan fingerprint density at radius 2 is 2.20 bits per heavy atom. The first kappa shape index (κ1) is 11.0. The number of fused-ring (bicyclic) bond motifs is 2. The molecule has 0 radical (unpaired) electrons. The molecular formula is C13H21NO. The van der Waals surface area contributed by atoms with E-state index in [-0.39, 0.29) is 0 Å². The SMILES string of the molecule is CC(C)CC(O)C1(C#N)CC2CCC1C2. The maximum Gasteiger partial charge on any atom is 0.0863 e. The van der Waals surface area contributed by atoms with Crippen LogP contribution in [0, 0.1) is 34.5 Å². The lowest BCUT2D eigenvalue weighted by molar-refractivity contribution is 0.0106. The highest BCUT2D eigenvalue weighted by Gasteiger charge is 2.55. The normalized spacial score (nSPS) is 40.7. The van der Waals surface area contributed by atoms with E-state index in [1.165, 1.54) is 12.8 Å². The fraction of sp³-hybridized carbons (Fsp3) is 0.923. The van der Waals surface area contributed by atoms with E-state index in [1.807, 2.05) is 0 Å². The highest BCUT2D eigenvalue weighted by atomic mass is 16.3. The van der Waals surface area contributed by atoms with Crippen molar-refractivity contribution in [3.05, 3.63) is 0 Å². The van der Waals surface area contributed by atoms with Gasteiger partial charge in [-0.15, -0.1) is 0 Å². The van der Waals surface area contributed by atoms with Crippen molar-refractivity contribution in [3.8, 4) is 6.07 Å². The molecule has 84 valence electrons. The number of hydrogen-bond acceptors (Lipinski definition) is 2. The second kappa shape index (κ2) is 3.79. The topological polar surface area (TPSA) is 44.0 Å². The van der Waals surface area contributed by atoms with Crippen LogP contribution in [0.3, 0.4) is 0 Å². The molecular weight excluding hydrogens is 186 g/mol. The largest absolute Gasteiger partial charge is 0.391 e. The minimum Gasteiger partial charge on any atom is -0.391 e. The summed E-state index contributed by atoms with van der Waals surface area (Å²) in [7, 11) is 0. The Morgan fingerprint density at radius 1 is 1.47 bits per heavy atom. The summed E-state index contributed by atoms with van der Waals surface area (Å²) in [6.45, 7) is 4.23. The lowest BCUT2D eigenvalue weighted by atomic mass is 9.68. The molecule has 2 nitrogen and oxygen atoms in total. The molecule has 0 spiro atoms. The molecule has 2 saturated carbocycles. The Bertz CT molecular complexity index is 281. The predicted molar refractivity (Wildman–Crippen MR) is 59.0 cm³/mol. The van der Waals surface area contributed by atoms with E-state index in [1.54, 1.807) is 0 Å². The number of nitrogens with zero attached hydrogens (tertiary/aromatic N) is 1. The average molecular weight is 207 g/mol. The quantitative estimate of drug-likeness (QED) is 0.773. The van der Waals surface area contributed by atoms with Gasteiger partial charge in [-0.1, -0.05) is 20.3 Å². The van der Waals surface area contributed by atoms with Crippen LogP contribution < -0.4 is 0 Å². The van der Waals surface area contributed by atoms with E-state index in [0.29, 0.717) is 11.8 Å². The summed E-state index contributed by atoms with van der Waals surface area (Å²) in [4.78, 5) is 0. The molecule has 0 amide bonds. The van der Waals surface area contributed by atoms with Gasteiger partial charge in [0.15, 0.2) is 0 Å². The molecule has 0 aromatic carbocycles. The Kier molecular flexibility index (Phi) is 2.77. The third kappa shape index (κ3) is 1.67. The number of aliphatic hydroxyl groups is 1. The first-order chi connectivity index (χ1) is 7.08. The number of rotatable bonds is 3. The third-order valence-electron chi connectivity index (χ3n) is 4.39. The van der Waals surface area contributed by atoms with Gasteiger partial charge in [0.05, 0.1) is 17.6 Å². The molecule has 2 rings (SSSR count). The Balaban J connectivity index is 2.13. The molecule has 1 N–H and O–H groups in total. The van der Waals surface area contributed by atoms with Crippen molar-refractivity contribution < 1.29 is 5.11 Å². The van der Waals surface area contributed by atoms with E-state index in [0.717, 1.165) is 25.2 Å². The minimum absolute atomic E-state index is 0.396. The highest BCUT2D eigenvalue weighted by molar-refractivity contribution is 5.14. The van der Waals surface area contributed by atoms with Crippen molar-refractivity contribution in [1.82, 2.24) is 0 Å². The van der Waals surface area contributed by atoms with Gasteiger partial charge in [-0.05, 0) is 43.4 Å². The van der Waals surface area contributed by atoms with E-state index in [4.69, 9.17) is 0 Å². The fourth-order valence-corrected chi connectivity index (χ4v) is 3.65. The van der Waals surface area contributed by atoms with Crippen LogP contribution in [0.5, 0.6) is 0 Å². The monoisotopic (exact) mass is 207 g/mol. The van der Waals surface area contributed by atoms with E-state index in [2.05, 4.69) is 19.9 Å². The zero-order valence-electron chi connectivity index (χ0n) is 9.74. The second-order valence-corrected chi connectivity index (χ2v) is 5.88. The third-order valence-corrected chi connectivity index (χ3v) is 4.39. The van der Waals surface area contributed by atoms with Gasteiger partial charge in [0.25, 0.3) is 0 Å². The van der Waals surface area contributed by atoms with Crippen molar-refractivity contribution in [3.63, 3.8) is 0 Å². The summed E-state index contributed by atoms with van der Waals surface area (Å²) in [5, 5.41) is 19.7. The molecule has 0 aliphatic heterocycles. The molecule has 0 aromatic rings. The molecule has 4 atom stereocenters. The first-order valence-corrected chi connectivity index (χ1v) is 6.18. The number of hydrogen-bond donors (Lipinski definition) is 1. The van der Waals surface area contributed by atoms with Crippen molar-refractivity contribution in [2.24, 2.45) is 23.2 Å². The zero-order valence-corrected chi connectivity index (χ0v) is 9.74. The lowest BCUT2D eigenvalue weighted by Crippen LogP contribution is -2.39. The van der Waals surface area contributed by atoms with Crippen LogP contribution in [0.15, 0.2) is 0 Å².